The third kappa shape index (κ3) is 3.39. The molecule has 1 saturated heterocycles. The average molecular weight is 298 g/mol. The summed E-state index contributed by atoms with van der Waals surface area (Å²) in [6, 6.07) is 13.9. The summed E-state index contributed by atoms with van der Waals surface area (Å²) >= 11 is 0. The summed E-state index contributed by atoms with van der Waals surface area (Å²) in [4.78, 5) is 17.5. The standard InChI is InChI=1S/C18H22N2O2/c21-17-10-12-20(16(17)13-14-5-2-1-3-6-14)18(22)9-8-15-7-4-11-19-15/h1-7,11,16-17,19,21H,8-10,12-13H2/t16-,17-/m0/s1. The first-order valence-corrected chi connectivity index (χ1v) is 7.88. The van der Waals surface area contributed by atoms with Gasteiger partial charge in [-0.1, -0.05) is 30.3 Å². The minimum absolute atomic E-state index is 0.0986. The number of likely N-dealkylation sites (tertiary alicyclic amines) is 1. The zero-order valence-corrected chi connectivity index (χ0v) is 12.6. The molecule has 2 aromatic rings. The molecular formula is C18H22N2O2. The van der Waals surface area contributed by atoms with Crippen LogP contribution in [0.2, 0.25) is 0 Å². The van der Waals surface area contributed by atoms with Crippen molar-refractivity contribution in [2.75, 3.05) is 6.54 Å². The van der Waals surface area contributed by atoms with Gasteiger partial charge in [0.1, 0.15) is 0 Å². The zero-order chi connectivity index (χ0) is 15.4. The summed E-state index contributed by atoms with van der Waals surface area (Å²) in [5, 5.41) is 10.2. The highest BCUT2D eigenvalue weighted by atomic mass is 16.3. The molecule has 4 nitrogen and oxygen atoms in total. The Balaban J connectivity index is 1.62. The van der Waals surface area contributed by atoms with E-state index < -0.39 is 6.10 Å². The van der Waals surface area contributed by atoms with E-state index in [9.17, 15) is 9.90 Å². The lowest BCUT2D eigenvalue weighted by Crippen LogP contribution is -2.41. The lowest BCUT2D eigenvalue weighted by atomic mass is 10.0. The first-order chi connectivity index (χ1) is 10.7. The highest BCUT2D eigenvalue weighted by molar-refractivity contribution is 5.77. The third-order valence-electron chi connectivity index (χ3n) is 4.39. The Labute approximate surface area is 130 Å². The van der Waals surface area contributed by atoms with Crippen molar-refractivity contribution in [1.82, 2.24) is 9.88 Å². The van der Waals surface area contributed by atoms with Crippen molar-refractivity contribution in [3.63, 3.8) is 0 Å². The van der Waals surface area contributed by atoms with E-state index in [4.69, 9.17) is 0 Å². The Morgan fingerprint density at radius 3 is 2.77 bits per heavy atom. The van der Waals surface area contributed by atoms with Crippen LogP contribution in [0.4, 0.5) is 0 Å². The minimum Gasteiger partial charge on any atom is -0.391 e. The van der Waals surface area contributed by atoms with Crippen LogP contribution in [0.1, 0.15) is 24.1 Å². The Bertz CT molecular complexity index is 595. The Hall–Kier alpha value is -2.07. The van der Waals surface area contributed by atoms with Crippen molar-refractivity contribution in [2.24, 2.45) is 0 Å². The number of hydrogen-bond donors (Lipinski definition) is 2. The predicted molar refractivity (Wildman–Crippen MR) is 85.4 cm³/mol. The fraction of sp³-hybridized carbons (Fsp3) is 0.389. The van der Waals surface area contributed by atoms with Gasteiger partial charge >= 0.3 is 0 Å². The summed E-state index contributed by atoms with van der Waals surface area (Å²) in [6.45, 7) is 0.655. The number of aryl methyl sites for hydroxylation is 1. The van der Waals surface area contributed by atoms with E-state index in [0.29, 0.717) is 19.4 Å². The minimum atomic E-state index is -0.422. The van der Waals surface area contributed by atoms with Crippen molar-refractivity contribution in [2.45, 2.75) is 37.8 Å². The van der Waals surface area contributed by atoms with Crippen LogP contribution in [0, 0.1) is 0 Å². The molecule has 0 spiro atoms. The highest BCUT2D eigenvalue weighted by Crippen LogP contribution is 2.23. The van der Waals surface area contributed by atoms with Crippen LogP contribution >= 0.6 is 0 Å². The molecule has 0 radical (unpaired) electrons. The molecule has 1 amide bonds. The summed E-state index contributed by atoms with van der Waals surface area (Å²) < 4.78 is 0. The normalized spacial score (nSPS) is 21.2. The molecule has 2 N–H and O–H groups in total. The monoisotopic (exact) mass is 298 g/mol. The maximum atomic E-state index is 12.5. The van der Waals surface area contributed by atoms with Gasteiger partial charge in [0.15, 0.2) is 0 Å². The van der Waals surface area contributed by atoms with Crippen molar-refractivity contribution in [3.05, 3.63) is 59.9 Å². The molecule has 116 valence electrons. The van der Waals surface area contributed by atoms with Crippen LogP contribution in [-0.4, -0.2) is 39.6 Å². The van der Waals surface area contributed by atoms with Gasteiger partial charge in [0.05, 0.1) is 12.1 Å². The molecule has 1 aromatic carbocycles. The van der Waals surface area contributed by atoms with E-state index >= 15 is 0 Å². The molecule has 4 heteroatoms. The molecule has 3 rings (SSSR count). The number of benzene rings is 1. The molecule has 2 heterocycles. The predicted octanol–water partition coefficient (Wildman–Crippen LogP) is 2.15. The number of H-pyrrole nitrogens is 1. The lowest BCUT2D eigenvalue weighted by Gasteiger charge is -2.26. The average Bonchev–Trinajstić information content (AvgIpc) is 3.17. The van der Waals surface area contributed by atoms with Gasteiger partial charge in [-0.2, -0.15) is 0 Å². The molecule has 0 unspecified atom stereocenters. The number of hydrogen-bond acceptors (Lipinski definition) is 2. The molecule has 1 aliphatic rings. The van der Waals surface area contributed by atoms with E-state index in [0.717, 1.165) is 24.1 Å². The van der Waals surface area contributed by atoms with Crippen LogP contribution in [-0.2, 0) is 17.6 Å². The molecule has 0 aliphatic carbocycles. The van der Waals surface area contributed by atoms with Crippen LogP contribution in [0.3, 0.4) is 0 Å². The maximum absolute atomic E-state index is 12.5. The quantitative estimate of drug-likeness (QED) is 0.888. The number of carbonyl (C=O) groups is 1. The zero-order valence-electron chi connectivity index (χ0n) is 12.6. The number of aliphatic hydroxyl groups excluding tert-OH is 1. The molecule has 2 atom stereocenters. The third-order valence-corrected chi connectivity index (χ3v) is 4.39. The Morgan fingerprint density at radius 2 is 2.05 bits per heavy atom. The fourth-order valence-corrected chi connectivity index (χ4v) is 3.16. The van der Waals surface area contributed by atoms with Crippen LogP contribution < -0.4 is 0 Å². The summed E-state index contributed by atoms with van der Waals surface area (Å²) in [5.41, 5.74) is 2.24. The Kier molecular flexibility index (Phi) is 4.59. The molecule has 1 aliphatic heterocycles. The maximum Gasteiger partial charge on any atom is 0.223 e. The van der Waals surface area contributed by atoms with E-state index in [2.05, 4.69) is 4.98 Å². The first-order valence-electron chi connectivity index (χ1n) is 7.88. The number of amides is 1. The van der Waals surface area contributed by atoms with Gasteiger partial charge < -0.3 is 15.0 Å². The van der Waals surface area contributed by atoms with Gasteiger partial charge in [-0.05, 0) is 37.0 Å². The number of aromatic amines is 1. The van der Waals surface area contributed by atoms with Gasteiger partial charge in [0.2, 0.25) is 5.91 Å². The van der Waals surface area contributed by atoms with E-state index in [-0.39, 0.29) is 11.9 Å². The van der Waals surface area contributed by atoms with Gasteiger partial charge in [0.25, 0.3) is 0 Å². The van der Waals surface area contributed by atoms with Gasteiger partial charge in [-0.25, -0.2) is 0 Å². The summed E-state index contributed by atoms with van der Waals surface area (Å²) in [5.74, 6) is 0.132. The first kappa shape index (κ1) is 14.9. The number of carbonyl (C=O) groups excluding carboxylic acids is 1. The van der Waals surface area contributed by atoms with E-state index in [1.54, 1.807) is 0 Å². The summed E-state index contributed by atoms with van der Waals surface area (Å²) in [6.07, 6.45) is 4.05. The molecule has 22 heavy (non-hydrogen) atoms. The topological polar surface area (TPSA) is 56.3 Å². The highest BCUT2D eigenvalue weighted by Gasteiger charge is 2.35. The second-order valence-electron chi connectivity index (χ2n) is 5.90. The van der Waals surface area contributed by atoms with Crippen LogP contribution in [0.25, 0.3) is 0 Å². The Morgan fingerprint density at radius 1 is 1.23 bits per heavy atom. The number of aliphatic hydroxyl groups is 1. The van der Waals surface area contributed by atoms with Crippen molar-refractivity contribution in [1.29, 1.82) is 0 Å². The number of aromatic nitrogens is 1. The smallest absolute Gasteiger partial charge is 0.223 e. The lowest BCUT2D eigenvalue weighted by molar-refractivity contribution is -0.132. The summed E-state index contributed by atoms with van der Waals surface area (Å²) in [7, 11) is 0. The molecule has 0 bridgehead atoms. The van der Waals surface area contributed by atoms with Gasteiger partial charge in [-0.15, -0.1) is 0 Å². The second-order valence-corrected chi connectivity index (χ2v) is 5.90. The largest absolute Gasteiger partial charge is 0.391 e. The van der Waals surface area contributed by atoms with Gasteiger partial charge in [-0.3, -0.25) is 4.79 Å². The van der Waals surface area contributed by atoms with Crippen LogP contribution in [0.15, 0.2) is 48.7 Å². The molecular weight excluding hydrogens is 276 g/mol. The number of rotatable bonds is 5. The van der Waals surface area contributed by atoms with Crippen LogP contribution in [0.5, 0.6) is 0 Å². The van der Waals surface area contributed by atoms with Gasteiger partial charge in [0, 0.05) is 24.9 Å². The molecule has 1 fully saturated rings. The molecule has 0 saturated carbocycles. The molecule has 1 aromatic heterocycles. The number of nitrogens with zero attached hydrogens (tertiary/aromatic N) is 1. The van der Waals surface area contributed by atoms with E-state index in [1.165, 1.54) is 0 Å². The van der Waals surface area contributed by atoms with Crippen molar-refractivity contribution in [3.8, 4) is 0 Å². The van der Waals surface area contributed by atoms with Crippen molar-refractivity contribution >= 4 is 5.91 Å². The fourth-order valence-electron chi connectivity index (χ4n) is 3.16. The van der Waals surface area contributed by atoms with E-state index in [1.807, 2.05) is 53.6 Å². The van der Waals surface area contributed by atoms with Crippen molar-refractivity contribution < 1.29 is 9.90 Å². The SMILES string of the molecule is O=C(CCc1ccc[nH]1)N1CC[C@H](O)[C@@H]1Cc1ccccc1. The second kappa shape index (κ2) is 6.79. The number of nitrogens with one attached hydrogen (secondary N) is 1.